The molecule has 37 heavy (non-hydrogen) atoms. The smallest absolute Gasteiger partial charge is 0.255 e. The number of nitrogens with one attached hydrogen (secondary N) is 1. The number of pyridine rings is 1. The maximum absolute atomic E-state index is 14.2. The van der Waals surface area contributed by atoms with Crippen molar-refractivity contribution in [3.8, 4) is 0 Å². The van der Waals surface area contributed by atoms with Crippen LogP contribution >= 0.6 is 23.2 Å². The molecule has 1 aromatic heterocycles. The van der Waals surface area contributed by atoms with Gasteiger partial charge in [0, 0.05) is 35.7 Å². The highest BCUT2D eigenvalue weighted by molar-refractivity contribution is 6.42. The normalized spacial score (nSPS) is 20.5. The number of anilines is 1. The summed E-state index contributed by atoms with van der Waals surface area (Å²) >= 11 is 12.4. The molecule has 2 amide bonds. The van der Waals surface area contributed by atoms with Crippen molar-refractivity contribution in [3.63, 3.8) is 0 Å². The number of nitrogens with two attached hydrogens (primary N) is 1. The standard InChI is InChI=1S/C28H30Cl2N4O3/c1-17-6-9-24-20(12-17)21(14-25(35)32-24)26(36)34-11-10-33(19-7-8-22(29)23(30)13-19)16-28(34,27(31)37)15-18-4-2-3-5-18/h6-9,12-14,18H,2-5,10-11,15-16H2,1H3,(H2,31,37)(H,32,35). The van der Waals surface area contributed by atoms with Gasteiger partial charge in [0.15, 0.2) is 0 Å². The summed E-state index contributed by atoms with van der Waals surface area (Å²) in [5.41, 5.74) is 7.20. The molecular formula is C28H30Cl2N4O3. The van der Waals surface area contributed by atoms with Crippen LogP contribution in [0.25, 0.3) is 10.9 Å². The van der Waals surface area contributed by atoms with Crippen LogP contribution in [0.15, 0.2) is 47.3 Å². The molecule has 1 unspecified atom stereocenters. The van der Waals surface area contributed by atoms with Gasteiger partial charge in [-0.25, -0.2) is 0 Å². The Bertz CT molecular complexity index is 1430. The van der Waals surface area contributed by atoms with E-state index in [1.807, 2.05) is 30.0 Å². The van der Waals surface area contributed by atoms with Gasteiger partial charge in [0.2, 0.25) is 11.5 Å². The van der Waals surface area contributed by atoms with Gasteiger partial charge < -0.3 is 20.5 Å². The lowest BCUT2D eigenvalue weighted by Gasteiger charge is -2.50. The number of piperazine rings is 1. The van der Waals surface area contributed by atoms with E-state index in [4.69, 9.17) is 28.9 Å². The predicted octanol–water partition coefficient (Wildman–Crippen LogP) is 4.91. The summed E-state index contributed by atoms with van der Waals surface area (Å²) in [5, 5.41) is 1.52. The van der Waals surface area contributed by atoms with Crippen molar-refractivity contribution in [2.24, 2.45) is 11.7 Å². The summed E-state index contributed by atoms with van der Waals surface area (Å²) in [6.45, 7) is 2.92. The maximum Gasteiger partial charge on any atom is 0.255 e. The number of carbonyl (C=O) groups excluding carboxylic acids is 2. The van der Waals surface area contributed by atoms with Gasteiger partial charge in [-0.3, -0.25) is 14.4 Å². The highest BCUT2D eigenvalue weighted by Gasteiger charge is 2.50. The van der Waals surface area contributed by atoms with Crippen LogP contribution in [0.1, 0.15) is 48.0 Å². The van der Waals surface area contributed by atoms with Gasteiger partial charge in [-0.1, -0.05) is 60.5 Å². The third-order valence-electron chi connectivity index (χ3n) is 7.86. The molecule has 0 radical (unpaired) electrons. The average Bonchev–Trinajstić information content (AvgIpc) is 3.38. The number of aromatic amines is 1. The third-order valence-corrected chi connectivity index (χ3v) is 8.60. The lowest BCUT2D eigenvalue weighted by molar-refractivity contribution is -0.130. The van der Waals surface area contributed by atoms with Gasteiger partial charge in [0.1, 0.15) is 5.54 Å². The Labute approximate surface area is 225 Å². The van der Waals surface area contributed by atoms with Crippen molar-refractivity contribution in [2.75, 3.05) is 24.5 Å². The van der Waals surface area contributed by atoms with Crippen molar-refractivity contribution in [1.82, 2.24) is 9.88 Å². The molecule has 5 rings (SSSR count). The number of aryl methyl sites for hydroxylation is 1. The van der Waals surface area contributed by atoms with Crippen molar-refractivity contribution in [1.29, 1.82) is 0 Å². The second kappa shape index (κ2) is 10.0. The molecule has 194 valence electrons. The molecule has 1 saturated carbocycles. The van der Waals surface area contributed by atoms with E-state index in [1.54, 1.807) is 23.1 Å². The molecule has 2 aromatic carbocycles. The zero-order valence-electron chi connectivity index (χ0n) is 20.7. The number of amides is 2. The highest BCUT2D eigenvalue weighted by Crippen LogP contribution is 2.39. The second-order valence-corrected chi connectivity index (χ2v) is 11.1. The van der Waals surface area contributed by atoms with Gasteiger partial charge in [0.05, 0.1) is 22.2 Å². The van der Waals surface area contributed by atoms with Crippen LogP contribution in [-0.4, -0.2) is 46.9 Å². The SMILES string of the molecule is Cc1ccc2[nH]c(=O)cc(C(=O)N3CCN(c4ccc(Cl)c(Cl)c4)CC3(CC3CCCC3)C(N)=O)c2c1. The van der Waals surface area contributed by atoms with Crippen LogP contribution < -0.4 is 16.2 Å². The van der Waals surface area contributed by atoms with Gasteiger partial charge in [0.25, 0.3) is 5.91 Å². The minimum absolute atomic E-state index is 0.239. The molecule has 1 aliphatic heterocycles. The number of rotatable bonds is 5. The minimum atomic E-state index is -1.24. The van der Waals surface area contributed by atoms with E-state index in [-0.39, 0.29) is 36.0 Å². The average molecular weight is 541 g/mol. The number of hydrogen-bond donors (Lipinski definition) is 2. The lowest BCUT2D eigenvalue weighted by Crippen LogP contribution is -2.70. The number of benzene rings is 2. The molecule has 0 spiro atoms. The van der Waals surface area contributed by atoms with E-state index in [2.05, 4.69) is 4.98 Å². The second-order valence-electron chi connectivity index (χ2n) is 10.3. The van der Waals surface area contributed by atoms with Gasteiger partial charge in [-0.15, -0.1) is 0 Å². The van der Waals surface area contributed by atoms with Crippen molar-refractivity contribution in [2.45, 2.75) is 44.6 Å². The van der Waals surface area contributed by atoms with Crippen LogP contribution in [0, 0.1) is 12.8 Å². The van der Waals surface area contributed by atoms with E-state index in [0.717, 1.165) is 36.9 Å². The zero-order chi connectivity index (χ0) is 26.3. The molecular weight excluding hydrogens is 511 g/mol. The molecule has 0 bridgehead atoms. The number of H-pyrrole nitrogens is 1. The van der Waals surface area contributed by atoms with Crippen molar-refractivity contribution < 1.29 is 9.59 Å². The summed E-state index contributed by atoms with van der Waals surface area (Å²) in [7, 11) is 0. The van der Waals surface area contributed by atoms with E-state index in [1.165, 1.54) is 6.07 Å². The minimum Gasteiger partial charge on any atom is -0.368 e. The largest absolute Gasteiger partial charge is 0.368 e. The van der Waals surface area contributed by atoms with Crippen LogP contribution in [0.3, 0.4) is 0 Å². The zero-order valence-corrected chi connectivity index (χ0v) is 22.2. The Hall–Kier alpha value is -3.03. The van der Waals surface area contributed by atoms with Crippen LogP contribution in [0.2, 0.25) is 10.0 Å². The van der Waals surface area contributed by atoms with Gasteiger partial charge in [-0.2, -0.15) is 0 Å². The number of fused-ring (bicyclic) bond motifs is 1. The fourth-order valence-corrected chi connectivity index (χ4v) is 6.27. The van der Waals surface area contributed by atoms with Crippen molar-refractivity contribution >= 4 is 51.6 Å². The van der Waals surface area contributed by atoms with Crippen LogP contribution in [0.4, 0.5) is 5.69 Å². The maximum atomic E-state index is 14.2. The number of carbonyl (C=O) groups is 2. The molecule has 3 aromatic rings. The molecule has 2 fully saturated rings. The lowest BCUT2D eigenvalue weighted by atomic mass is 9.81. The molecule has 7 nitrogen and oxygen atoms in total. The summed E-state index contributed by atoms with van der Waals surface area (Å²) in [6, 6.07) is 12.3. The summed E-state index contributed by atoms with van der Waals surface area (Å²) in [6.07, 6.45) is 4.67. The van der Waals surface area contributed by atoms with Gasteiger partial charge in [-0.05, 0) is 49.6 Å². The topological polar surface area (TPSA) is 99.5 Å². The molecule has 2 heterocycles. The summed E-state index contributed by atoms with van der Waals surface area (Å²) in [4.78, 5) is 46.6. The first kappa shape index (κ1) is 25.6. The number of hydrogen-bond acceptors (Lipinski definition) is 4. The Balaban J connectivity index is 1.60. The highest BCUT2D eigenvalue weighted by atomic mass is 35.5. The first-order valence-corrected chi connectivity index (χ1v) is 13.4. The summed E-state index contributed by atoms with van der Waals surface area (Å²) < 4.78 is 0. The van der Waals surface area contributed by atoms with Crippen molar-refractivity contribution in [3.05, 3.63) is 74.0 Å². The van der Waals surface area contributed by atoms with E-state index in [9.17, 15) is 14.4 Å². The van der Waals surface area contributed by atoms with Crippen LogP contribution in [-0.2, 0) is 4.79 Å². The molecule has 2 aliphatic rings. The predicted molar refractivity (Wildman–Crippen MR) is 148 cm³/mol. The fraction of sp³-hybridized carbons (Fsp3) is 0.393. The number of nitrogens with zero attached hydrogens (tertiary/aromatic N) is 2. The Morgan fingerprint density at radius 3 is 2.51 bits per heavy atom. The number of aromatic nitrogens is 1. The third kappa shape index (κ3) is 4.82. The van der Waals surface area contributed by atoms with E-state index >= 15 is 0 Å². The molecule has 1 saturated heterocycles. The molecule has 1 aliphatic carbocycles. The first-order chi connectivity index (χ1) is 17.7. The molecule has 1 atom stereocenters. The quantitative estimate of drug-likeness (QED) is 0.480. The van der Waals surface area contributed by atoms with E-state index in [0.29, 0.717) is 33.9 Å². The number of halogens is 2. The number of primary amides is 1. The Morgan fingerprint density at radius 1 is 1.05 bits per heavy atom. The monoisotopic (exact) mass is 540 g/mol. The molecule has 9 heteroatoms. The van der Waals surface area contributed by atoms with Crippen LogP contribution in [0.5, 0.6) is 0 Å². The van der Waals surface area contributed by atoms with Gasteiger partial charge >= 0.3 is 0 Å². The van der Waals surface area contributed by atoms with E-state index < -0.39 is 11.4 Å². The fourth-order valence-electron chi connectivity index (χ4n) is 5.98. The molecule has 3 N–H and O–H groups in total. The Kier molecular flexibility index (Phi) is 6.94. The Morgan fingerprint density at radius 2 is 1.81 bits per heavy atom. The summed E-state index contributed by atoms with van der Waals surface area (Å²) in [5.74, 6) is -0.607. The first-order valence-electron chi connectivity index (χ1n) is 12.6.